The summed E-state index contributed by atoms with van der Waals surface area (Å²) in [5.74, 6) is 0.176. The van der Waals surface area contributed by atoms with Gasteiger partial charge in [0.1, 0.15) is 11.9 Å². The molecular weight excluding hydrogens is 378 g/mol. The Morgan fingerprint density at radius 1 is 0.867 bits per heavy atom. The fourth-order valence-electron chi connectivity index (χ4n) is 3.74. The van der Waals surface area contributed by atoms with E-state index in [0.717, 1.165) is 21.7 Å². The molecule has 4 aromatic carbocycles. The first-order chi connectivity index (χ1) is 14.7. The van der Waals surface area contributed by atoms with Crippen molar-refractivity contribution in [3.05, 3.63) is 84.4 Å². The van der Waals surface area contributed by atoms with Gasteiger partial charge >= 0.3 is 6.09 Å². The molecule has 4 rings (SSSR count). The molecule has 0 saturated heterocycles. The van der Waals surface area contributed by atoms with Crippen LogP contribution in [-0.4, -0.2) is 22.9 Å². The van der Waals surface area contributed by atoms with Gasteiger partial charge in [0.05, 0.1) is 5.69 Å². The first kappa shape index (κ1) is 19.7. The number of aliphatic hydroxyl groups is 1. The van der Waals surface area contributed by atoms with Gasteiger partial charge in [0.15, 0.2) is 0 Å². The molecule has 1 atom stereocenters. The van der Waals surface area contributed by atoms with Gasteiger partial charge in [-0.25, -0.2) is 4.79 Å². The molecule has 152 valence electrons. The van der Waals surface area contributed by atoms with Gasteiger partial charge in [-0.15, -0.1) is 0 Å². The van der Waals surface area contributed by atoms with Gasteiger partial charge in [0.25, 0.3) is 0 Å². The number of phenolic OH excluding ortho intramolecular Hbond substituents is 1. The molecule has 0 heterocycles. The third-order valence-electron chi connectivity index (χ3n) is 5.18. The maximum atomic E-state index is 12.8. The number of fused-ring (bicyclic) bond motifs is 2. The molecule has 0 radical (unpaired) electrons. The molecule has 1 amide bonds. The SMILES string of the molecule is O=C(Nc1cccc2ccccc12)O[C@@H](CCCO)c1ccc(O)c2ccccc12. The topological polar surface area (TPSA) is 78.8 Å². The molecule has 0 bridgehead atoms. The third-order valence-corrected chi connectivity index (χ3v) is 5.18. The standard InChI is InChI=1S/C25H23NO4/c27-16-6-13-24(21-14-15-23(28)20-11-4-3-10-19(20)21)30-25(29)26-22-12-5-8-17-7-1-2-9-18(17)22/h1-5,7-12,14-15,24,27-28H,6,13,16H2,(H,26,29)/t24-/m0/s1. The fourth-order valence-corrected chi connectivity index (χ4v) is 3.74. The lowest BCUT2D eigenvalue weighted by atomic mass is 9.97. The molecule has 0 aliphatic rings. The van der Waals surface area contributed by atoms with Crippen LogP contribution in [0.4, 0.5) is 10.5 Å². The van der Waals surface area contributed by atoms with Gasteiger partial charge in [-0.1, -0.05) is 66.7 Å². The Bertz CT molecular complexity index is 1180. The zero-order chi connectivity index (χ0) is 20.9. The number of ether oxygens (including phenoxy) is 1. The molecule has 3 N–H and O–H groups in total. The second-order valence-corrected chi connectivity index (χ2v) is 7.13. The van der Waals surface area contributed by atoms with E-state index in [-0.39, 0.29) is 12.4 Å². The van der Waals surface area contributed by atoms with Crippen molar-refractivity contribution in [1.29, 1.82) is 0 Å². The molecular formula is C25H23NO4. The van der Waals surface area contributed by atoms with E-state index in [1.807, 2.05) is 66.7 Å². The van der Waals surface area contributed by atoms with E-state index in [1.165, 1.54) is 0 Å². The van der Waals surface area contributed by atoms with Crippen LogP contribution in [0.3, 0.4) is 0 Å². The van der Waals surface area contributed by atoms with Crippen molar-refractivity contribution in [1.82, 2.24) is 0 Å². The van der Waals surface area contributed by atoms with E-state index in [4.69, 9.17) is 4.74 Å². The Kier molecular flexibility index (Phi) is 5.82. The lowest BCUT2D eigenvalue weighted by Crippen LogP contribution is -2.18. The van der Waals surface area contributed by atoms with Crippen LogP contribution in [0.2, 0.25) is 0 Å². The summed E-state index contributed by atoms with van der Waals surface area (Å²) >= 11 is 0. The molecule has 0 saturated carbocycles. The second kappa shape index (κ2) is 8.84. The van der Waals surface area contributed by atoms with Gasteiger partial charge < -0.3 is 14.9 Å². The largest absolute Gasteiger partial charge is 0.507 e. The molecule has 0 unspecified atom stereocenters. The highest BCUT2D eigenvalue weighted by atomic mass is 16.6. The number of hydrogen-bond acceptors (Lipinski definition) is 4. The Labute approximate surface area is 174 Å². The summed E-state index contributed by atoms with van der Waals surface area (Å²) in [5, 5.41) is 25.8. The highest BCUT2D eigenvalue weighted by Crippen LogP contribution is 2.34. The maximum Gasteiger partial charge on any atom is 0.412 e. The van der Waals surface area contributed by atoms with Crippen molar-refractivity contribution in [3.8, 4) is 5.75 Å². The number of benzene rings is 4. The van der Waals surface area contributed by atoms with E-state index in [1.54, 1.807) is 12.1 Å². The number of carbonyl (C=O) groups excluding carboxylic acids is 1. The van der Waals surface area contributed by atoms with Gasteiger partial charge in [0.2, 0.25) is 0 Å². The molecule has 5 nitrogen and oxygen atoms in total. The van der Waals surface area contributed by atoms with Crippen LogP contribution in [-0.2, 0) is 4.74 Å². The number of anilines is 1. The van der Waals surface area contributed by atoms with E-state index in [2.05, 4.69) is 5.32 Å². The van der Waals surface area contributed by atoms with Crippen molar-refractivity contribution in [2.45, 2.75) is 18.9 Å². The summed E-state index contributed by atoms with van der Waals surface area (Å²) in [5.41, 5.74) is 1.47. The van der Waals surface area contributed by atoms with Crippen LogP contribution >= 0.6 is 0 Å². The third kappa shape index (κ3) is 4.07. The minimum atomic E-state index is -0.563. The Morgan fingerprint density at radius 2 is 1.57 bits per heavy atom. The van der Waals surface area contributed by atoms with Gasteiger partial charge in [-0.05, 0) is 35.7 Å². The summed E-state index contributed by atoms with van der Waals surface area (Å²) in [4.78, 5) is 12.8. The number of aromatic hydroxyl groups is 1. The average Bonchev–Trinajstić information content (AvgIpc) is 2.77. The van der Waals surface area contributed by atoms with Crippen LogP contribution in [0.15, 0.2) is 78.9 Å². The smallest absolute Gasteiger partial charge is 0.412 e. The number of carbonyl (C=O) groups is 1. The monoisotopic (exact) mass is 401 g/mol. The highest BCUT2D eigenvalue weighted by molar-refractivity contribution is 6.00. The minimum absolute atomic E-state index is 0.000812. The van der Waals surface area contributed by atoms with Gasteiger partial charge in [-0.3, -0.25) is 5.32 Å². The fraction of sp³-hybridized carbons (Fsp3) is 0.160. The van der Waals surface area contributed by atoms with E-state index >= 15 is 0 Å². The zero-order valence-electron chi connectivity index (χ0n) is 16.4. The quantitative estimate of drug-likeness (QED) is 0.384. The predicted molar refractivity (Wildman–Crippen MR) is 119 cm³/mol. The number of aliphatic hydroxyl groups excluding tert-OH is 1. The van der Waals surface area contributed by atoms with Crippen molar-refractivity contribution < 1.29 is 19.7 Å². The summed E-state index contributed by atoms with van der Waals surface area (Å²) < 4.78 is 5.80. The molecule has 5 heteroatoms. The highest BCUT2D eigenvalue weighted by Gasteiger charge is 2.20. The Balaban J connectivity index is 1.62. The first-order valence-electron chi connectivity index (χ1n) is 9.94. The normalized spacial score (nSPS) is 12.0. The molecule has 0 spiro atoms. The van der Waals surface area contributed by atoms with Crippen molar-refractivity contribution in [2.24, 2.45) is 0 Å². The Hall–Kier alpha value is -3.57. The first-order valence-corrected chi connectivity index (χ1v) is 9.94. The summed E-state index contributed by atoms with van der Waals surface area (Å²) in [7, 11) is 0. The number of phenols is 1. The van der Waals surface area contributed by atoms with Gasteiger partial charge in [-0.2, -0.15) is 0 Å². The molecule has 0 aliphatic heterocycles. The van der Waals surface area contributed by atoms with Crippen LogP contribution < -0.4 is 5.32 Å². The van der Waals surface area contributed by atoms with Crippen molar-refractivity contribution in [2.75, 3.05) is 11.9 Å². The molecule has 4 aromatic rings. The van der Waals surface area contributed by atoms with E-state index in [0.29, 0.717) is 23.9 Å². The van der Waals surface area contributed by atoms with Crippen LogP contribution in [0.25, 0.3) is 21.5 Å². The number of nitrogens with one attached hydrogen (secondary N) is 1. The van der Waals surface area contributed by atoms with Gasteiger partial charge in [0, 0.05) is 22.9 Å². The lowest BCUT2D eigenvalue weighted by molar-refractivity contribution is 0.100. The molecule has 30 heavy (non-hydrogen) atoms. The van der Waals surface area contributed by atoms with Crippen LogP contribution in [0.1, 0.15) is 24.5 Å². The lowest BCUT2D eigenvalue weighted by Gasteiger charge is -2.21. The number of hydrogen-bond donors (Lipinski definition) is 3. The maximum absolute atomic E-state index is 12.8. The van der Waals surface area contributed by atoms with E-state index in [9.17, 15) is 15.0 Å². The zero-order valence-corrected chi connectivity index (χ0v) is 16.4. The summed E-state index contributed by atoms with van der Waals surface area (Å²) in [6.45, 7) is 0.000812. The molecule has 0 fully saturated rings. The Morgan fingerprint density at radius 3 is 2.37 bits per heavy atom. The van der Waals surface area contributed by atoms with Crippen molar-refractivity contribution >= 4 is 33.3 Å². The minimum Gasteiger partial charge on any atom is -0.507 e. The molecule has 0 aromatic heterocycles. The summed E-state index contributed by atoms with van der Waals surface area (Å²) in [6, 6.07) is 24.3. The average molecular weight is 401 g/mol. The van der Waals surface area contributed by atoms with Crippen molar-refractivity contribution in [3.63, 3.8) is 0 Å². The van der Waals surface area contributed by atoms with E-state index < -0.39 is 12.2 Å². The summed E-state index contributed by atoms with van der Waals surface area (Å²) in [6.07, 6.45) is -0.167. The predicted octanol–water partition coefficient (Wildman–Crippen LogP) is 5.76. The number of rotatable bonds is 6. The van der Waals surface area contributed by atoms with Crippen LogP contribution in [0.5, 0.6) is 5.75 Å². The van der Waals surface area contributed by atoms with Crippen LogP contribution in [0, 0.1) is 0 Å². The molecule has 0 aliphatic carbocycles. The number of amides is 1. The second-order valence-electron chi connectivity index (χ2n) is 7.13.